The average molecular weight is 552 g/mol. The Labute approximate surface area is 247 Å². The molecule has 0 aliphatic carbocycles. The van der Waals surface area contributed by atoms with Crippen LogP contribution in [0.5, 0.6) is 0 Å². The van der Waals surface area contributed by atoms with E-state index in [1.165, 1.54) is 5.39 Å². The molecule has 9 rings (SSSR count). The highest BCUT2D eigenvalue weighted by Crippen LogP contribution is 2.47. The molecule has 0 spiro atoms. The van der Waals surface area contributed by atoms with Crippen LogP contribution in [-0.4, -0.2) is 0 Å². The largest absolute Gasteiger partial charge is 0.455 e. The molecule has 0 saturated heterocycles. The van der Waals surface area contributed by atoms with Crippen LogP contribution in [0.2, 0.25) is 0 Å². The fourth-order valence-corrected chi connectivity index (χ4v) is 6.56. The first-order valence-corrected chi connectivity index (χ1v) is 14.5. The molecule has 0 aliphatic heterocycles. The van der Waals surface area contributed by atoms with Crippen LogP contribution in [0.1, 0.15) is 0 Å². The van der Waals surface area contributed by atoms with Crippen molar-refractivity contribution in [2.75, 3.05) is 4.90 Å². The first-order chi connectivity index (χ1) is 21.3. The third kappa shape index (κ3) is 3.62. The Balaban J connectivity index is 1.35. The van der Waals surface area contributed by atoms with Crippen molar-refractivity contribution in [1.82, 2.24) is 0 Å². The molecule has 2 heterocycles. The minimum Gasteiger partial charge on any atom is -0.455 e. The number of anilines is 3. The predicted octanol–water partition coefficient (Wildman–Crippen LogP) is 11.8. The predicted molar refractivity (Wildman–Crippen MR) is 179 cm³/mol. The number of para-hydroxylation sites is 4. The van der Waals surface area contributed by atoms with E-state index < -0.39 is 0 Å². The van der Waals surface area contributed by atoms with Gasteiger partial charge in [0.25, 0.3) is 0 Å². The van der Waals surface area contributed by atoms with Crippen molar-refractivity contribution in [1.29, 1.82) is 0 Å². The van der Waals surface area contributed by atoms with Crippen molar-refractivity contribution in [2.45, 2.75) is 0 Å². The summed E-state index contributed by atoms with van der Waals surface area (Å²) in [4.78, 5) is 2.35. The van der Waals surface area contributed by atoms with E-state index in [0.29, 0.717) is 0 Å². The smallest absolute Gasteiger partial charge is 0.143 e. The maximum Gasteiger partial charge on any atom is 0.143 e. The maximum absolute atomic E-state index is 6.59. The molecule has 3 heteroatoms. The Bertz CT molecular complexity index is 2470. The molecule has 3 nitrogen and oxygen atoms in total. The van der Waals surface area contributed by atoms with Crippen LogP contribution >= 0.6 is 0 Å². The van der Waals surface area contributed by atoms with Gasteiger partial charge in [0, 0.05) is 38.4 Å². The third-order valence-electron chi connectivity index (χ3n) is 8.46. The highest BCUT2D eigenvalue weighted by atomic mass is 16.3. The van der Waals surface area contributed by atoms with E-state index in [0.717, 1.165) is 77.5 Å². The molecule has 9 aromatic rings. The zero-order valence-electron chi connectivity index (χ0n) is 23.2. The summed E-state index contributed by atoms with van der Waals surface area (Å²) in [6.45, 7) is 0. The Kier molecular flexibility index (Phi) is 5.20. The van der Waals surface area contributed by atoms with E-state index in [-0.39, 0.29) is 0 Å². The summed E-state index contributed by atoms with van der Waals surface area (Å²) in [7, 11) is 0. The number of furan rings is 2. The highest BCUT2D eigenvalue weighted by molar-refractivity contribution is 6.20. The van der Waals surface area contributed by atoms with Gasteiger partial charge in [0.2, 0.25) is 0 Å². The van der Waals surface area contributed by atoms with Crippen molar-refractivity contribution in [3.8, 4) is 11.1 Å². The van der Waals surface area contributed by atoms with Gasteiger partial charge in [-0.2, -0.15) is 0 Å². The molecule has 0 N–H and O–H groups in total. The Morgan fingerprint density at radius 1 is 0.372 bits per heavy atom. The summed E-state index contributed by atoms with van der Waals surface area (Å²) in [6, 6.07) is 53.0. The van der Waals surface area contributed by atoms with Crippen LogP contribution < -0.4 is 4.90 Å². The second-order valence-corrected chi connectivity index (χ2v) is 10.9. The van der Waals surface area contributed by atoms with Gasteiger partial charge in [-0.3, -0.25) is 0 Å². The lowest BCUT2D eigenvalue weighted by Crippen LogP contribution is -2.11. The van der Waals surface area contributed by atoms with Crippen LogP contribution in [0.4, 0.5) is 17.1 Å². The summed E-state index contributed by atoms with van der Waals surface area (Å²) >= 11 is 0. The van der Waals surface area contributed by atoms with Crippen LogP contribution in [0, 0.1) is 0 Å². The number of nitrogens with zero attached hydrogens (tertiary/aromatic N) is 1. The van der Waals surface area contributed by atoms with E-state index in [4.69, 9.17) is 8.83 Å². The number of hydrogen-bond acceptors (Lipinski definition) is 3. The molecule has 0 fully saturated rings. The van der Waals surface area contributed by atoms with Crippen molar-refractivity contribution < 1.29 is 8.83 Å². The lowest BCUT2D eigenvalue weighted by atomic mass is 9.98. The van der Waals surface area contributed by atoms with Gasteiger partial charge in [0.05, 0.1) is 16.8 Å². The number of hydrogen-bond donors (Lipinski definition) is 0. The van der Waals surface area contributed by atoms with Crippen LogP contribution in [0.3, 0.4) is 0 Å². The van der Waals surface area contributed by atoms with E-state index >= 15 is 0 Å². The summed E-state index contributed by atoms with van der Waals surface area (Å²) in [5.41, 5.74) is 8.88. The minimum atomic E-state index is 0.863. The monoisotopic (exact) mass is 551 g/mol. The second kappa shape index (κ2) is 9.37. The topological polar surface area (TPSA) is 29.5 Å². The van der Waals surface area contributed by atoms with E-state index in [2.05, 4.69) is 144 Å². The summed E-state index contributed by atoms with van der Waals surface area (Å²) in [6.07, 6.45) is 0. The molecule has 202 valence electrons. The van der Waals surface area contributed by atoms with Gasteiger partial charge < -0.3 is 13.7 Å². The highest BCUT2D eigenvalue weighted by Gasteiger charge is 2.23. The van der Waals surface area contributed by atoms with Gasteiger partial charge in [0.15, 0.2) is 0 Å². The first-order valence-electron chi connectivity index (χ1n) is 14.5. The molecule has 7 aromatic carbocycles. The van der Waals surface area contributed by atoms with Gasteiger partial charge in [-0.15, -0.1) is 0 Å². The Morgan fingerprint density at radius 2 is 1.02 bits per heavy atom. The normalized spacial score (nSPS) is 11.7. The molecule has 0 bridgehead atoms. The summed E-state index contributed by atoms with van der Waals surface area (Å²) in [5, 5.41) is 6.71. The van der Waals surface area contributed by atoms with Crippen LogP contribution in [-0.2, 0) is 0 Å². The lowest BCUT2D eigenvalue weighted by molar-refractivity contribution is 0.670. The zero-order chi connectivity index (χ0) is 28.3. The molecule has 0 radical (unpaired) electrons. The van der Waals surface area contributed by atoms with Crippen molar-refractivity contribution >= 4 is 71.7 Å². The van der Waals surface area contributed by atoms with Crippen molar-refractivity contribution in [3.63, 3.8) is 0 Å². The van der Waals surface area contributed by atoms with E-state index in [1.54, 1.807) is 0 Å². The molecular formula is C40H25NO2. The van der Waals surface area contributed by atoms with Gasteiger partial charge in [0.1, 0.15) is 22.3 Å². The second-order valence-electron chi connectivity index (χ2n) is 10.9. The molecule has 0 amide bonds. The molecule has 0 atom stereocenters. The molecule has 0 saturated carbocycles. The quantitative estimate of drug-likeness (QED) is 0.218. The molecule has 0 aliphatic rings. The molecular weight excluding hydrogens is 526 g/mol. The SMILES string of the molecule is c1ccc(N(c2ccccc2-c2cccc3c2oc2ccccc23)c2cccc3oc4c5ccccc5ccc4c23)cc1. The Hall–Kier alpha value is -5.80. The lowest BCUT2D eigenvalue weighted by Gasteiger charge is -2.28. The molecule has 43 heavy (non-hydrogen) atoms. The molecule has 0 unspecified atom stereocenters. The average Bonchev–Trinajstić information content (AvgIpc) is 3.65. The number of rotatable bonds is 4. The van der Waals surface area contributed by atoms with Gasteiger partial charge in [-0.1, -0.05) is 109 Å². The first kappa shape index (κ1) is 23.9. The third-order valence-corrected chi connectivity index (χ3v) is 8.46. The fourth-order valence-electron chi connectivity index (χ4n) is 6.56. The van der Waals surface area contributed by atoms with Crippen LogP contribution in [0.25, 0.3) is 65.8 Å². The number of fused-ring (bicyclic) bond motifs is 8. The number of benzene rings is 7. The standard InChI is InChI=1S/C40H25NO2/c1-2-13-27(14-3-1)41(35-21-11-23-37-38(35)33-25-24-26-12-4-5-15-28(26)39(33)43-37)34-20-8-6-16-29(34)31-18-10-19-32-30-17-7-9-22-36(30)42-40(31)32/h1-25H. The Morgan fingerprint density at radius 3 is 1.95 bits per heavy atom. The van der Waals surface area contributed by atoms with Crippen molar-refractivity contribution in [2.24, 2.45) is 0 Å². The van der Waals surface area contributed by atoms with E-state index in [1.807, 2.05) is 12.1 Å². The molecule has 2 aromatic heterocycles. The van der Waals surface area contributed by atoms with Crippen LogP contribution in [0.15, 0.2) is 160 Å². The zero-order valence-corrected chi connectivity index (χ0v) is 23.2. The van der Waals surface area contributed by atoms with Crippen molar-refractivity contribution in [3.05, 3.63) is 152 Å². The summed E-state index contributed by atoms with van der Waals surface area (Å²) < 4.78 is 13.1. The van der Waals surface area contributed by atoms with E-state index in [9.17, 15) is 0 Å². The van der Waals surface area contributed by atoms with Gasteiger partial charge in [-0.25, -0.2) is 0 Å². The van der Waals surface area contributed by atoms with Gasteiger partial charge in [-0.05, 0) is 47.9 Å². The fraction of sp³-hybridized carbons (Fsp3) is 0. The maximum atomic E-state index is 6.59. The van der Waals surface area contributed by atoms with Gasteiger partial charge >= 0.3 is 0 Å². The summed E-state index contributed by atoms with van der Waals surface area (Å²) in [5.74, 6) is 0. The minimum absolute atomic E-state index is 0.863.